The summed E-state index contributed by atoms with van der Waals surface area (Å²) < 4.78 is 28.4. The maximum absolute atomic E-state index is 13.8. The van der Waals surface area contributed by atoms with Gasteiger partial charge in [0.25, 0.3) is 0 Å². The highest BCUT2D eigenvalue weighted by Crippen LogP contribution is 2.40. The molecule has 2 aromatic rings. The van der Waals surface area contributed by atoms with Gasteiger partial charge in [0.05, 0.1) is 9.89 Å². The molecule has 3 N–H and O–H groups in total. The summed E-state index contributed by atoms with van der Waals surface area (Å²) in [5.41, 5.74) is 5.87. The zero-order chi connectivity index (χ0) is 14.9. The first-order valence-corrected chi connectivity index (χ1v) is 8.12. The van der Waals surface area contributed by atoms with E-state index in [9.17, 15) is 13.9 Å². The minimum Gasteiger partial charge on any atom is -0.387 e. The molecule has 1 aromatic carbocycles. The monoisotopic (exact) mass is 425 g/mol. The largest absolute Gasteiger partial charge is 0.387 e. The van der Waals surface area contributed by atoms with Crippen LogP contribution >= 0.6 is 43.2 Å². The lowest BCUT2D eigenvalue weighted by molar-refractivity contribution is 0.149. The summed E-state index contributed by atoms with van der Waals surface area (Å²) in [5, 5.41) is 10.4. The molecule has 0 amide bonds. The number of hydrogen-bond donors (Lipinski definition) is 2. The highest BCUT2D eigenvalue weighted by Gasteiger charge is 2.26. The van der Waals surface area contributed by atoms with Crippen molar-refractivity contribution in [1.82, 2.24) is 0 Å². The van der Waals surface area contributed by atoms with Gasteiger partial charge in [-0.2, -0.15) is 0 Å². The van der Waals surface area contributed by atoms with E-state index in [1.54, 1.807) is 6.07 Å². The summed E-state index contributed by atoms with van der Waals surface area (Å²) in [6, 6.07) is 5.03. The van der Waals surface area contributed by atoms with Gasteiger partial charge >= 0.3 is 0 Å². The fourth-order valence-corrected chi connectivity index (χ4v) is 4.08. The molecule has 0 aliphatic heterocycles. The van der Waals surface area contributed by atoms with Crippen LogP contribution in [0, 0.1) is 11.6 Å². The number of rotatable bonds is 4. The molecule has 7 heteroatoms. The zero-order valence-corrected chi connectivity index (χ0v) is 14.1. The van der Waals surface area contributed by atoms with Crippen molar-refractivity contribution >= 4 is 43.2 Å². The van der Waals surface area contributed by atoms with Crippen molar-refractivity contribution in [1.29, 1.82) is 0 Å². The second-order valence-electron chi connectivity index (χ2n) is 4.22. The fraction of sp³-hybridized carbons (Fsp3) is 0.231. The third-order valence-electron chi connectivity index (χ3n) is 2.95. The van der Waals surface area contributed by atoms with E-state index in [1.807, 2.05) is 0 Å². The van der Waals surface area contributed by atoms with E-state index in [0.717, 1.165) is 20.4 Å². The minimum atomic E-state index is -0.951. The number of aliphatic hydroxyl groups is 1. The number of hydrogen-bond acceptors (Lipinski definition) is 3. The van der Waals surface area contributed by atoms with Crippen molar-refractivity contribution in [3.8, 4) is 0 Å². The summed E-state index contributed by atoms with van der Waals surface area (Å²) in [6.07, 6.45) is -0.951. The first kappa shape index (κ1) is 16.0. The highest BCUT2D eigenvalue weighted by molar-refractivity contribution is 9.13. The molecule has 0 saturated heterocycles. The van der Waals surface area contributed by atoms with Crippen LogP contribution in [-0.2, 0) is 0 Å². The molecule has 0 aliphatic rings. The Morgan fingerprint density at radius 3 is 2.45 bits per heavy atom. The third kappa shape index (κ3) is 3.28. The van der Waals surface area contributed by atoms with E-state index in [-0.39, 0.29) is 12.1 Å². The van der Waals surface area contributed by atoms with Crippen molar-refractivity contribution in [3.63, 3.8) is 0 Å². The van der Waals surface area contributed by atoms with Crippen LogP contribution in [0.2, 0.25) is 0 Å². The molecule has 2 nitrogen and oxygen atoms in total. The number of benzene rings is 1. The molecule has 2 unspecified atom stereocenters. The maximum Gasteiger partial charge on any atom is 0.129 e. The van der Waals surface area contributed by atoms with Crippen LogP contribution in [0.25, 0.3) is 0 Å². The lowest BCUT2D eigenvalue weighted by Gasteiger charge is -2.21. The lowest BCUT2D eigenvalue weighted by atomic mass is 9.92. The van der Waals surface area contributed by atoms with Gasteiger partial charge in [-0.15, -0.1) is 11.3 Å². The van der Waals surface area contributed by atoms with E-state index in [0.29, 0.717) is 4.88 Å². The zero-order valence-electron chi connectivity index (χ0n) is 10.1. The predicted octanol–water partition coefficient (Wildman–Crippen LogP) is 4.33. The third-order valence-corrected chi connectivity index (χ3v) is 6.28. The molecule has 2 atom stereocenters. The number of nitrogens with two attached hydrogens (primary N) is 1. The molecule has 2 rings (SSSR count). The number of aliphatic hydroxyl groups excluding tert-OH is 1. The van der Waals surface area contributed by atoms with Gasteiger partial charge in [-0.05, 0) is 49.6 Å². The highest BCUT2D eigenvalue weighted by atomic mass is 79.9. The van der Waals surface area contributed by atoms with E-state index in [2.05, 4.69) is 31.9 Å². The Labute approximate surface area is 135 Å². The molecular weight excluding hydrogens is 416 g/mol. The van der Waals surface area contributed by atoms with Gasteiger partial charge in [0.2, 0.25) is 0 Å². The molecule has 0 spiro atoms. The molecule has 0 aliphatic carbocycles. The molecule has 1 heterocycles. The van der Waals surface area contributed by atoms with E-state index in [1.165, 1.54) is 17.4 Å². The molecule has 20 heavy (non-hydrogen) atoms. The molecule has 108 valence electrons. The van der Waals surface area contributed by atoms with Crippen LogP contribution in [0.3, 0.4) is 0 Å². The average Bonchev–Trinajstić information content (AvgIpc) is 2.73. The Balaban J connectivity index is 2.36. The summed E-state index contributed by atoms with van der Waals surface area (Å²) >= 11 is 8.01. The normalized spacial score (nSPS) is 14.3. The van der Waals surface area contributed by atoms with Crippen LogP contribution in [0.4, 0.5) is 8.78 Å². The van der Waals surface area contributed by atoms with Gasteiger partial charge in [0, 0.05) is 27.9 Å². The summed E-state index contributed by atoms with van der Waals surface area (Å²) in [6.45, 7) is 0.0524. The van der Waals surface area contributed by atoms with Crippen LogP contribution in [0.5, 0.6) is 0 Å². The quantitative estimate of drug-likeness (QED) is 0.764. The van der Waals surface area contributed by atoms with Crippen LogP contribution in [0.1, 0.15) is 22.5 Å². The second kappa shape index (κ2) is 6.62. The molecule has 0 fully saturated rings. The van der Waals surface area contributed by atoms with Gasteiger partial charge < -0.3 is 10.8 Å². The minimum absolute atomic E-state index is 0.0524. The van der Waals surface area contributed by atoms with Crippen LogP contribution in [0.15, 0.2) is 32.5 Å². The Hall–Kier alpha value is -0.340. The molecule has 0 saturated carbocycles. The maximum atomic E-state index is 13.8. The fourth-order valence-electron chi connectivity index (χ4n) is 1.94. The summed E-state index contributed by atoms with van der Waals surface area (Å²) in [5.74, 6) is -1.99. The Kier molecular flexibility index (Phi) is 5.30. The molecule has 0 bridgehead atoms. The van der Waals surface area contributed by atoms with Crippen molar-refractivity contribution in [2.75, 3.05) is 6.54 Å². The number of halogens is 4. The van der Waals surface area contributed by atoms with Gasteiger partial charge in [-0.1, -0.05) is 6.07 Å². The predicted molar refractivity (Wildman–Crippen MR) is 82.8 cm³/mol. The first-order valence-electron chi connectivity index (χ1n) is 5.71. The summed E-state index contributed by atoms with van der Waals surface area (Å²) in [4.78, 5) is 0.655. The Bertz CT molecular complexity index is 601. The summed E-state index contributed by atoms with van der Waals surface area (Å²) in [7, 11) is 0. The van der Waals surface area contributed by atoms with Gasteiger partial charge in [0.15, 0.2) is 0 Å². The van der Waals surface area contributed by atoms with Crippen molar-refractivity contribution in [2.24, 2.45) is 5.73 Å². The van der Waals surface area contributed by atoms with E-state index in [4.69, 9.17) is 5.73 Å². The molecule has 0 radical (unpaired) electrons. The topological polar surface area (TPSA) is 46.2 Å². The Morgan fingerprint density at radius 1 is 1.25 bits per heavy atom. The van der Waals surface area contributed by atoms with Gasteiger partial charge in [0.1, 0.15) is 11.6 Å². The van der Waals surface area contributed by atoms with Crippen molar-refractivity contribution in [2.45, 2.75) is 12.0 Å². The first-order chi connectivity index (χ1) is 9.43. The van der Waals surface area contributed by atoms with E-state index >= 15 is 0 Å². The molecule has 1 aromatic heterocycles. The van der Waals surface area contributed by atoms with Crippen LogP contribution < -0.4 is 5.73 Å². The SMILES string of the molecule is NCC(c1ccc(F)cc1F)C(O)c1cc(Br)c(Br)s1. The second-order valence-corrected chi connectivity index (χ2v) is 7.48. The average molecular weight is 427 g/mol. The van der Waals surface area contributed by atoms with Crippen LogP contribution in [-0.4, -0.2) is 11.7 Å². The Morgan fingerprint density at radius 2 is 1.95 bits per heavy atom. The molecular formula is C13H11Br2F2NOS. The standard InChI is InChI=1S/C13H11Br2F2NOS/c14-9-4-11(20-13(9)15)12(19)8(5-18)7-2-1-6(16)3-10(7)17/h1-4,8,12,19H,5,18H2. The smallest absolute Gasteiger partial charge is 0.129 e. The number of thiophene rings is 1. The van der Waals surface area contributed by atoms with Crippen molar-refractivity contribution < 1.29 is 13.9 Å². The van der Waals surface area contributed by atoms with Crippen molar-refractivity contribution in [3.05, 3.63) is 54.6 Å². The van der Waals surface area contributed by atoms with E-state index < -0.39 is 23.7 Å². The van der Waals surface area contributed by atoms with Gasteiger partial charge in [-0.25, -0.2) is 8.78 Å². The van der Waals surface area contributed by atoms with Gasteiger partial charge in [-0.3, -0.25) is 0 Å². The lowest BCUT2D eigenvalue weighted by Crippen LogP contribution is -2.20.